The van der Waals surface area contributed by atoms with Crippen LogP contribution in [0.25, 0.3) is 0 Å². The van der Waals surface area contributed by atoms with E-state index in [9.17, 15) is 10.1 Å². The summed E-state index contributed by atoms with van der Waals surface area (Å²) in [6.07, 6.45) is 0.740. The molecule has 0 aliphatic carbocycles. The fourth-order valence-corrected chi connectivity index (χ4v) is 5.45. The molecule has 1 heterocycles. The topological polar surface area (TPSA) is 62.6 Å². The molecule has 2 atom stereocenters. The molecule has 0 aromatic heterocycles. The number of para-hydroxylation sites is 1. The monoisotopic (exact) mass is 546 g/mol. The molecule has 8 heteroatoms. The minimum atomic E-state index is -1.92. The van der Waals surface area contributed by atoms with Gasteiger partial charge in [-0.3, -0.25) is 4.79 Å². The summed E-state index contributed by atoms with van der Waals surface area (Å²) in [5.74, 6) is 0.341. The quantitative estimate of drug-likeness (QED) is 0.336. The number of carbonyl (C=O) groups is 1. The molecule has 0 saturated carbocycles. The smallest absolute Gasteiger partial charge is 0.257 e. The first kappa shape index (κ1) is 28.5. The Morgan fingerprint density at radius 1 is 1.22 bits per heavy atom. The maximum absolute atomic E-state index is 13.7. The molecule has 2 unspecified atom stereocenters. The largest absolute Gasteiger partial charge is 0.491 e. The van der Waals surface area contributed by atoms with E-state index in [0.29, 0.717) is 53.2 Å². The molecule has 36 heavy (non-hydrogen) atoms. The highest BCUT2D eigenvalue weighted by Crippen LogP contribution is 2.37. The van der Waals surface area contributed by atoms with Crippen molar-refractivity contribution in [3.05, 3.63) is 63.1 Å². The highest BCUT2D eigenvalue weighted by Gasteiger charge is 2.37. The number of rotatable bonds is 7. The van der Waals surface area contributed by atoms with Gasteiger partial charge in [0.05, 0.1) is 27.8 Å². The van der Waals surface area contributed by atoms with Crippen LogP contribution in [0.1, 0.15) is 61.5 Å². The molecule has 0 fully saturated rings. The number of amides is 1. The average Bonchev–Trinajstić information content (AvgIpc) is 2.81. The van der Waals surface area contributed by atoms with Crippen molar-refractivity contribution in [3.63, 3.8) is 0 Å². The molecular formula is C28H36Cl2N2O3Si. The van der Waals surface area contributed by atoms with Crippen molar-refractivity contribution in [1.29, 1.82) is 5.26 Å². The summed E-state index contributed by atoms with van der Waals surface area (Å²) < 4.78 is 12.4. The van der Waals surface area contributed by atoms with Crippen molar-refractivity contribution in [3.8, 4) is 11.8 Å². The second-order valence-electron chi connectivity index (χ2n) is 11.2. The van der Waals surface area contributed by atoms with Crippen LogP contribution in [0.5, 0.6) is 5.75 Å². The van der Waals surface area contributed by atoms with Gasteiger partial charge in [0.2, 0.25) is 0 Å². The van der Waals surface area contributed by atoms with Crippen LogP contribution in [-0.4, -0.2) is 45.4 Å². The molecule has 0 saturated heterocycles. The van der Waals surface area contributed by atoms with Gasteiger partial charge >= 0.3 is 0 Å². The zero-order valence-electron chi connectivity index (χ0n) is 22.0. The summed E-state index contributed by atoms with van der Waals surface area (Å²) in [6, 6.07) is 13.0. The second kappa shape index (κ2) is 11.6. The summed E-state index contributed by atoms with van der Waals surface area (Å²) in [4.78, 5) is 15.6. The second-order valence-corrected chi connectivity index (χ2v) is 16.8. The third-order valence-corrected chi connectivity index (χ3v) is 12.6. The Morgan fingerprint density at radius 2 is 1.94 bits per heavy atom. The summed E-state index contributed by atoms with van der Waals surface area (Å²) >= 11 is 12.6. The molecule has 2 aromatic rings. The van der Waals surface area contributed by atoms with Crippen LogP contribution in [0, 0.1) is 17.2 Å². The van der Waals surface area contributed by atoms with Crippen LogP contribution < -0.4 is 4.74 Å². The molecule has 5 nitrogen and oxygen atoms in total. The lowest BCUT2D eigenvalue weighted by atomic mass is 9.94. The van der Waals surface area contributed by atoms with Crippen molar-refractivity contribution in [2.75, 3.05) is 26.3 Å². The van der Waals surface area contributed by atoms with E-state index in [0.717, 1.165) is 12.0 Å². The van der Waals surface area contributed by atoms with Gasteiger partial charge < -0.3 is 14.1 Å². The number of hydrogen-bond donors (Lipinski definition) is 0. The van der Waals surface area contributed by atoms with E-state index >= 15 is 0 Å². The third kappa shape index (κ3) is 6.63. The minimum Gasteiger partial charge on any atom is -0.491 e. The number of hydrogen-bond acceptors (Lipinski definition) is 4. The van der Waals surface area contributed by atoms with Crippen molar-refractivity contribution in [2.45, 2.75) is 58.2 Å². The molecule has 1 amide bonds. The predicted molar refractivity (Wildman–Crippen MR) is 149 cm³/mol. The summed E-state index contributed by atoms with van der Waals surface area (Å²) in [7, 11) is -1.92. The van der Waals surface area contributed by atoms with Gasteiger partial charge in [0.25, 0.3) is 5.91 Å². The van der Waals surface area contributed by atoms with E-state index in [1.54, 1.807) is 24.3 Å². The van der Waals surface area contributed by atoms with E-state index < -0.39 is 8.32 Å². The van der Waals surface area contributed by atoms with Crippen LogP contribution >= 0.6 is 23.2 Å². The first-order valence-corrected chi connectivity index (χ1v) is 16.0. The molecule has 1 aliphatic heterocycles. The van der Waals surface area contributed by atoms with E-state index in [-0.39, 0.29) is 22.8 Å². The summed E-state index contributed by atoms with van der Waals surface area (Å²) in [5, 5.41) is 10.7. The number of halogens is 2. The molecule has 0 spiro atoms. The molecule has 3 rings (SSSR count). The number of nitriles is 1. The Kier molecular flexibility index (Phi) is 9.16. The molecule has 0 radical (unpaired) electrons. The highest BCUT2D eigenvalue weighted by atomic mass is 35.5. The Balaban J connectivity index is 1.91. The SMILES string of the molecule is CC1COc2c(C#N)cccc2C(=O)N(CC(CCO[Si](C)(C)C(C)(C)C)c2ccc(Cl)c(Cl)c2)C1. The number of benzene rings is 2. The zero-order chi connectivity index (χ0) is 26.7. The average molecular weight is 548 g/mol. The van der Waals surface area contributed by atoms with Crippen molar-refractivity contribution < 1.29 is 14.0 Å². The van der Waals surface area contributed by atoms with Crippen LogP contribution in [0.2, 0.25) is 28.2 Å². The van der Waals surface area contributed by atoms with Crippen LogP contribution in [0.3, 0.4) is 0 Å². The Morgan fingerprint density at radius 3 is 2.58 bits per heavy atom. The molecule has 2 aromatic carbocycles. The van der Waals surface area contributed by atoms with E-state index in [2.05, 4.69) is 46.9 Å². The lowest BCUT2D eigenvalue weighted by Crippen LogP contribution is -2.42. The number of fused-ring (bicyclic) bond motifs is 1. The van der Waals surface area contributed by atoms with E-state index in [1.807, 2.05) is 17.0 Å². The molecule has 1 aliphatic rings. The van der Waals surface area contributed by atoms with Crippen LogP contribution in [0.15, 0.2) is 36.4 Å². The normalized spacial score (nSPS) is 17.5. The molecular weight excluding hydrogens is 511 g/mol. The molecule has 0 N–H and O–H groups in total. The lowest BCUT2D eigenvalue weighted by Gasteiger charge is -2.37. The van der Waals surface area contributed by atoms with E-state index in [4.69, 9.17) is 32.4 Å². The third-order valence-electron chi connectivity index (χ3n) is 7.29. The van der Waals surface area contributed by atoms with Crippen molar-refractivity contribution in [1.82, 2.24) is 4.90 Å². The minimum absolute atomic E-state index is 0.00336. The number of nitrogens with zero attached hydrogens (tertiary/aromatic N) is 2. The van der Waals surface area contributed by atoms with Gasteiger partial charge in [-0.05, 0) is 54.4 Å². The van der Waals surface area contributed by atoms with Gasteiger partial charge in [-0.15, -0.1) is 0 Å². The van der Waals surface area contributed by atoms with Gasteiger partial charge in [-0.2, -0.15) is 5.26 Å². The molecule has 0 bridgehead atoms. The first-order valence-electron chi connectivity index (χ1n) is 12.4. The summed E-state index contributed by atoms with van der Waals surface area (Å²) in [5.41, 5.74) is 1.82. The van der Waals surface area contributed by atoms with Crippen molar-refractivity contribution in [2.24, 2.45) is 5.92 Å². The van der Waals surface area contributed by atoms with Crippen LogP contribution in [-0.2, 0) is 4.43 Å². The van der Waals surface area contributed by atoms with Gasteiger partial charge in [0, 0.05) is 31.5 Å². The van der Waals surface area contributed by atoms with E-state index in [1.165, 1.54) is 0 Å². The highest BCUT2D eigenvalue weighted by molar-refractivity contribution is 6.74. The van der Waals surface area contributed by atoms with Crippen molar-refractivity contribution >= 4 is 37.4 Å². The number of carbonyl (C=O) groups excluding carboxylic acids is 1. The van der Waals surface area contributed by atoms with Gasteiger partial charge in [0.1, 0.15) is 11.8 Å². The number of ether oxygens (including phenoxy) is 1. The Hall–Kier alpha value is -2.04. The predicted octanol–water partition coefficient (Wildman–Crippen LogP) is 7.53. The first-order chi connectivity index (χ1) is 16.8. The maximum atomic E-state index is 13.7. The fourth-order valence-electron chi connectivity index (χ4n) is 4.08. The zero-order valence-corrected chi connectivity index (χ0v) is 24.5. The van der Waals surface area contributed by atoms with Gasteiger partial charge in [-0.1, -0.05) is 63.0 Å². The standard InChI is InChI=1S/C28H36Cl2N2O3Si/c1-19-16-32(27(33)23-9-7-8-21(15-31)26(23)34-18-19)17-22(20-10-11-24(29)25(30)14-20)12-13-35-36(5,6)28(2,3)4/h7-11,14,19,22H,12-13,16-18H2,1-6H3. The van der Waals surface area contributed by atoms with Crippen LogP contribution in [0.4, 0.5) is 0 Å². The maximum Gasteiger partial charge on any atom is 0.257 e. The summed E-state index contributed by atoms with van der Waals surface area (Å²) in [6.45, 7) is 15.3. The lowest BCUT2D eigenvalue weighted by molar-refractivity contribution is 0.0664. The van der Waals surface area contributed by atoms with Gasteiger partial charge in [-0.25, -0.2) is 0 Å². The fraction of sp³-hybridized carbons (Fsp3) is 0.500. The van der Waals surface area contributed by atoms with Gasteiger partial charge in [0.15, 0.2) is 8.32 Å². The Bertz CT molecular complexity index is 1140. The molecule has 194 valence electrons. The Labute approximate surface area is 226 Å².